The topological polar surface area (TPSA) is 140 Å². The highest BCUT2D eigenvalue weighted by Crippen LogP contribution is 2.55. The van der Waals surface area contributed by atoms with E-state index in [4.69, 9.17) is 42.6 Å². The Kier molecular flexibility index (Phi) is 19.3. The van der Waals surface area contributed by atoms with Crippen LogP contribution < -0.4 is 42.6 Å². The van der Waals surface area contributed by atoms with E-state index in [0.29, 0.717) is 111 Å². The van der Waals surface area contributed by atoms with Crippen LogP contribution in [0, 0.1) is 6.92 Å². The van der Waals surface area contributed by atoms with Gasteiger partial charge in [-0.3, -0.25) is 0 Å². The lowest BCUT2D eigenvalue weighted by atomic mass is 10.2. The molecule has 0 saturated carbocycles. The van der Waals surface area contributed by atoms with Crippen molar-refractivity contribution in [3.8, 4) is 51.7 Å². The van der Waals surface area contributed by atoms with Crippen LogP contribution in [0.3, 0.4) is 0 Å². The van der Waals surface area contributed by atoms with Crippen molar-refractivity contribution < 1.29 is 55.6 Å². The zero-order chi connectivity index (χ0) is 42.0. The van der Waals surface area contributed by atoms with Crippen LogP contribution in [-0.2, 0) is 21.0 Å². The van der Waals surface area contributed by atoms with Crippen molar-refractivity contribution in [3.63, 3.8) is 0 Å². The second kappa shape index (κ2) is 23.5. The van der Waals surface area contributed by atoms with Gasteiger partial charge in [0.25, 0.3) is 14.7 Å². The molecule has 0 saturated heterocycles. The molecule has 4 aromatic rings. The van der Waals surface area contributed by atoms with Crippen LogP contribution >= 0.6 is 0 Å². The van der Waals surface area contributed by atoms with E-state index in [0.717, 1.165) is 20.2 Å². The molecule has 0 fully saturated rings. The Morgan fingerprint density at radius 2 is 0.649 bits per heavy atom. The maximum Gasteiger partial charge on any atom is 0.250 e. The van der Waals surface area contributed by atoms with Gasteiger partial charge in [0.1, 0.15) is 38.3 Å². The Bertz CT molecular complexity index is 1700. The van der Waals surface area contributed by atoms with E-state index in [2.05, 4.69) is 0 Å². The van der Waals surface area contributed by atoms with Crippen molar-refractivity contribution >= 4 is 21.0 Å². The molecular weight excluding hydrogens is 773 g/mol. The number of rotatable bonds is 22. The summed E-state index contributed by atoms with van der Waals surface area (Å²) in [4.78, 5) is 2.17. The van der Waals surface area contributed by atoms with E-state index in [1.165, 1.54) is 12.1 Å². The van der Waals surface area contributed by atoms with Gasteiger partial charge in [0, 0.05) is 36.4 Å². The molecule has 4 aromatic carbocycles. The van der Waals surface area contributed by atoms with Crippen LogP contribution in [0.4, 0.5) is 0 Å². The maximum atomic E-state index is 10.4. The van der Waals surface area contributed by atoms with Crippen LogP contribution in [-0.4, -0.2) is 72.4 Å². The maximum absolute atomic E-state index is 10.4. The zero-order valence-electron chi connectivity index (χ0n) is 34.9. The minimum absolute atomic E-state index is 0.178. The summed E-state index contributed by atoms with van der Waals surface area (Å²) in [6.45, 7) is 23.4. The van der Waals surface area contributed by atoms with Crippen molar-refractivity contribution in [3.05, 3.63) is 66.2 Å². The first-order chi connectivity index (χ1) is 27.4. The summed E-state index contributed by atoms with van der Waals surface area (Å²) in [6.07, 6.45) is 0. The molecule has 0 aromatic heterocycles. The van der Waals surface area contributed by atoms with Crippen LogP contribution in [0.5, 0.6) is 51.7 Å². The fourth-order valence-electron chi connectivity index (χ4n) is 5.60. The van der Waals surface area contributed by atoms with Crippen LogP contribution in [0.25, 0.3) is 0 Å². The van der Waals surface area contributed by atoms with Gasteiger partial charge in [-0.15, -0.1) is 0 Å². The van der Waals surface area contributed by atoms with E-state index in [1.807, 2.05) is 106 Å². The number of hydrogen-bond donors (Lipinski definition) is 0. The molecular formula is C43H58O12S2. The average molecular weight is 831 g/mol. The highest BCUT2D eigenvalue weighted by atomic mass is 32.2. The third-order valence-corrected chi connectivity index (χ3v) is 10.9. The van der Waals surface area contributed by atoms with Crippen molar-refractivity contribution in [2.75, 3.05) is 59.5 Å². The summed E-state index contributed by atoms with van der Waals surface area (Å²) in [5, 5.41) is 0. The Labute approximate surface area is 341 Å². The van der Waals surface area contributed by atoms with E-state index >= 15 is 0 Å². The summed E-state index contributed by atoms with van der Waals surface area (Å²) in [5.41, 5.74) is 0.928. The quantitative estimate of drug-likeness (QED) is 0.0551. The predicted molar refractivity (Wildman–Crippen MR) is 221 cm³/mol. The molecule has 314 valence electrons. The normalized spacial score (nSPS) is 10.9. The highest BCUT2D eigenvalue weighted by molar-refractivity contribution is 7.97. The van der Waals surface area contributed by atoms with E-state index < -0.39 is 21.0 Å². The largest absolute Gasteiger partial charge is 0.744 e. The Balaban J connectivity index is 0.000000679. The summed E-state index contributed by atoms with van der Waals surface area (Å²) in [7, 11) is -5.32. The highest BCUT2D eigenvalue weighted by Gasteiger charge is 2.47. The van der Waals surface area contributed by atoms with Gasteiger partial charge in [-0.05, 0) is 81.4 Å². The molecule has 0 aliphatic heterocycles. The molecule has 0 radical (unpaired) electrons. The van der Waals surface area contributed by atoms with Crippen molar-refractivity contribution in [2.45, 2.75) is 88.8 Å². The lowest BCUT2D eigenvalue weighted by Crippen LogP contribution is -2.17. The van der Waals surface area contributed by atoms with Gasteiger partial charge in [0.2, 0.25) is 0 Å². The number of hydrogen-bond acceptors (Lipinski definition) is 12. The molecule has 0 unspecified atom stereocenters. The second-order valence-electron chi connectivity index (χ2n) is 11.7. The number of ether oxygens (including phenoxy) is 9. The third kappa shape index (κ3) is 12.9. The van der Waals surface area contributed by atoms with Gasteiger partial charge in [-0.1, -0.05) is 17.7 Å². The van der Waals surface area contributed by atoms with Gasteiger partial charge in [0.15, 0.2) is 34.5 Å². The first kappa shape index (κ1) is 46.7. The summed E-state index contributed by atoms with van der Waals surface area (Å²) in [6, 6.07) is 17.3. The summed E-state index contributed by atoms with van der Waals surface area (Å²) < 4.78 is 87.4. The Morgan fingerprint density at radius 3 is 0.842 bits per heavy atom. The molecule has 0 bridgehead atoms. The number of benzene rings is 4. The SMILES string of the molecule is CCOc1cc(OCC)c([S+](c2c(OCC)cc(OCC)cc2OCC)c2c(OCC)cc(OCC)cc2OCC)c(OCC)c1.Cc1ccc(S(=O)(=O)[O-])cc1. The summed E-state index contributed by atoms with van der Waals surface area (Å²) in [5.74, 6) is 5.59. The van der Waals surface area contributed by atoms with E-state index in [9.17, 15) is 13.0 Å². The van der Waals surface area contributed by atoms with Crippen LogP contribution in [0.2, 0.25) is 0 Å². The molecule has 14 heteroatoms. The molecule has 0 heterocycles. The smallest absolute Gasteiger partial charge is 0.250 e. The first-order valence-electron chi connectivity index (χ1n) is 19.4. The van der Waals surface area contributed by atoms with Gasteiger partial charge < -0.3 is 47.2 Å². The van der Waals surface area contributed by atoms with Gasteiger partial charge in [-0.25, -0.2) is 8.42 Å². The minimum atomic E-state index is -4.27. The molecule has 0 aliphatic rings. The monoisotopic (exact) mass is 830 g/mol. The summed E-state index contributed by atoms with van der Waals surface area (Å²) >= 11 is 0. The van der Waals surface area contributed by atoms with Gasteiger partial charge >= 0.3 is 0 Å². The van der Waals surface area contributed by atoms with Crippen molar-refractivity contribution in [2.24, 2.45) is 0 Å². The predicted octanol–water partition coefficient (Wildman–Crippen LogP) is 9.27. The lowest BCUT2D eigenvalue weighted by Gasteiger charge is -2.23. The standard InChI is InChI=1S/C36H51O9S.C7H8O3S/c1-10-37-25-19-28(40-13-4)34(29(20-25)41-14-5)46(35-30(42-15-6)21-26(38-11-2)22-31(35)43-16-7)36-32(44-17-8)23-27(39-12-3)24-33(36)45-18-9;1-6-2-4-7(5-3-6)11(8,9)10/h19-24H,10-18H2,1-9H3;2-5H,1H3,(H,8,9,10)/q+1;/p-1. The molecule has 0 amide bonds. The fraction of sp³-hybridized carbons (Fsp3) is 0.442. The van der Waals surface area contributed by atoms with Gasteiger partial charge in [0.05, 0.1) is 64.4 Å². The van der Waals surface area contributed by atoms with Crippen LogP contribution in [0.15, 0.2) is 80.2 Å². The fourth-order valence-corrected chi connectivity index (χ4v) is 8.59. The van der Waals surface area contributed by atoms with E-state index in [-0.39, 0.29) is 4.90 Å². The molecule has 4 rings (SSSR count). The van der Waals surface area contributed by atoms with Gasteiger partial charge in [-0.2, -0.15) is 0 Å². The minimum Gasteiger partial charge on any atom is -0.744 e. The average Bonchev–Trinajstić information content (AvgIpc) is 3.15. The molecule has 0 spiro atoms. The molecule has 0 N–H and O–H groups in total. The number of aryl methyl sites for hydroxylation is 1. The molecule has 57 heavy (non-hydrogen) atoms. The molecule has 12 nitrogen and oxygen atoms in total. The van der Waals surface area contributed by atoms with Crippen molar-refractivity contribution in [1.82, 2.24) is 0 Å². The molecule has 0 atom stereocenters. The van der Waals surface area contributed by atoms with Crippen molar-refractivity contribution in [1.29, 1.82) is 0 Å². The first-order valence-corrected chi connectivity index (χ1v) is 22.0. The third-order valence-electron chi connectivity index (χ3n) is 7.64. The van der Waals surface area contributed by atoms with Crippen LogP contribution in [0.1, 0.15) is 67.9 Å². The van der Waals surface area contributed by atoms with E-state index in [1.54, 1.807) is 12.1 Å². The lowest BCUT2D eigenvalue weighted by molar-refractivity contribution is 0.290. The second-order valence-corrected chi connectivity index (χ2v) is 14.9. The molecule has 0 aliphatic carbocycles. The Morgan fingerprint density at radius 1 is 0.421 bits per heavy atom. The Hall–Kier alpha value is -4.66. The zero-order valence-corrected chi connectivity index (χ0v) is 36.5.